The van der Waals surface area contributed by atoms with Gasteiger partial charge in [-0.3, -0.25) is 4.79 Å². The van der Waals surface area contributed by atoms with E-state index in [4.69, 9.17) is 0 Å². The summed E-state index contributed by atoms with van der Waals surface area (Å²) in [5.74, 6) is 0.0910. The van der Waals surface area contributed by atoms with Gasteiger partial charge in [0.2, 0.25) is 10.0 Å². The highest BCUT2D eigenvalue weighted by Crippen LogP contribution is 2.36. The van der Waals surface area contributed by atoms with Crippen molar-refractivity contribution in [1.82, 2.24) is 9.62 Å². The minimum atomic E-state index is -3.56. The first-order chi connectivity index (χ1) is 13.5. The zero-order valence-corrected chi connectivity index (χ0v) is 17.2. The molecular weight excluding hydrogens is 394 g/mol. The summed E-state index contributed by atoms with van der Waals surface area (Å²) in [5, 5.41) is 5.40. The number of sulfonamides is 1. The molecule has 3 heterocycles. The molecule has 1 saturated heterocycles. The molecule has 148 valence electrons. The Labute approximate surface area is 169 Å². The average Bonchev–Trinajstić information content (AvgIpc) is 3.12. The normalized spacial score (nSPS) is 22.2. The summed E-state index contributed by atoms with van der Waals surface area (Å²) in [6.07, 6.45) is 5.52. The number of hydrogen-bond donors (Lipinski definition) is 2. The van der Waals surface area contributed by atoms with Crippen LogP contribution in [-0.4, -0.2) is 38.0 Å². The summed E-state index contributed by atoms with van der Waals surface area (Å²) < 4.78 is 28.2. The van der Waals surface area contributed by atoms with Gasteiger partial charge in [-0.2, -0.15) is 4.72 Å². The molecule has 0 radical (unpaired) electrons. The Morgan fingerprint density at radius 3 is 2.68 bits per heavy atom. The van der Waals surface area contributed by atoms with E-state index in [9.17, 15) is 13.2 Å². The number of nitrogens with zero attached hydrogens (tertiary/aromatic N) is 1. The van der Waals surface area contributed by atoms with Gasteiger partial charge in [-0.05, 0) is 43.4 Å². The molecule has 0 unspecified atom stereocenters. The molecule has 0 bridgehead atoms. The van der Waals surface area contributed by atoms with E-state index in [1.54, 1.807) is 29.5 Å². The maximum atomic E-state index is 13.1. The molecule has 0 atom stereocenters. The number of rotatable bonds is 1. The first kappa shape index (κ1) is 18.1. The largest absolute Gasteiger partial charge is 0.365 e. The third kappa shape index (κ3) is 2.94. The third-order valence-electron chi connectivity index (χ3n) is 6.08. The molecule has 2 N–H and O–H groups in total. The van der Waals surface area contributed by atoms with Crippen LogP contribution < -0.4 is 10.0 Å². The number of benzene rings is 1. The van der Waals surface area contributed by atoms with Gasteiger partial charge in [0.25, 0.3) is 5.91 Å². The fourth-order valence-electron chi connectivity index (χ4n) is 4.56. The molecule has 0 saturated carbocycles. The number of anilines is 1. The van der Waals surface area contributed by atoms with Gasteiger partial charge in [-0.15, -0.1) is 11.3 Å². The minimum absolute atomic E-state index is 0.0910. The molecule has 1 aromatic heterocycles. The molecule has 1 aromatic carbocycles. The Kier molecular flexibility index (Phi) is 4.26. The Bertz CT molecular complexity index is 1040. The Hall–Kier alpha value is -1.90. The zero-order chi connectivity index (χ0) is 19.4. The Morgan fingerprint density at radius 1 is 1.11 bits per heavy atom. The van der Waals surface area contributed by atoms with Crippen LogP contribution in [0.3, 0.4) is 0 Å². The van der Waals surface area contributed by atoms with Crippen molar-refractivity contribution in [2.24, 2.45) is 0 Å². The SMILES string of the molecule is O=C(c1csc2c1CCCC2)N1CCC2(CC1)Nc1ccccc1S(=O)(=O)N2. The molecule has 1 spiro atoms. The summed E-state index contributed by atoms with van der Waals surface area (Å²) in [4.78, 5) is 16.6. The summed E-state index contributed by atoms with van der Waals surface area (Å²) in [5.41, 5.74) is 2.01. The summed E-state index contributed by atoms with van der Waals surface area (Å²) in [6.45, 7) is 1.06. The number of aryl methyl sites for hydroxylation is 1. The first-order valence-electron chi connectivity index (χ1n) is 9.77. The van der Waals surface area contributed by atoms with Gasteiger partial charge in [0.15, 0.2) is 0 Å². The number of para-hydroxylation sites is 1. The van der Waals surface area contributed by atoms with E-state index in [0.29, 0.717) is 31.6 Å². The smallest absolute Gasteiger partial charge is 0.254 e. The van der Waals surface area contributed by atoms with Gasteiger partial charge in [0.05, 0.1) is 11.3 Å². The maximum Gasteiger partial charge on any atom is 0.254 e. The van der Waals surface area contributed by atoms with Gasteiger partial charge in [0, 0.05) is 36.2 Å². The number of nitrogens with one attached hydrogen (secondary N) is 2. The lowest BCUT2D eigenvalue weighted by molar-refractivity contribution is 0.0675. The number of carbonyl (C=O) groups is 1. The number of thiophene rings is 1. The molecule has 8 heteroatoms. The van der Waals surface area contributed by atoms with Crippen molar-refractivity contribution in [1.29, 1.82) is 0 Å². The predicted octanol–water partition coefficient (Wildman–Crippen LogP) is 2.96. The van der Waals surface area contributed by atoms with Gasteiger partial charge in [-0.25, -0.2) is 8.42 Å². The monoisotopic (exact) mass is 417 g/mol. The highest BCUT2D eigenvalue weighted by Gasteiger charge is 2.44. The first-order valence-corrected chi connectivity index (χ1v) is 12.1. The quantitative estimate of drug-likeness (QED) is 0.748. The van der Waals surface area contributed by atoms with E-state index < -0.39 is 15.7 Å². The lowest BCUT2D eigenvalue weighted by Crippen LogP contribution is -2.62. The number of likely N-dealkylation sites (tertiary alicyclic amines) is 1. The number of fused-ring (bicyclic) bond motifs is 2. The fraction of sp³-hybridized carbons (Fsp3) is 0.450. The minimum Gasteiger partial charge on any atom is -0.365 e. The highest BCUT2D eigenvalue weighted by molar-refractivity contribution is 7.89. The second-order valence-corrected chi connectivity index (χ2v) is 10.5. The lowest BCUT2D eigenvalue weighted by Gasteiger charge is -2.45. The molecule has 1 amide bonds. The number of piperidine rings is 1. The molecule has 2 aliphatic heterocycles. The van der Waals surface area contributed by atoms with Crippen LogP contribution in [0.4, 0.5) is 5.69 Å². The number of hydrogen-bond acceptors (Lipinski definition) is 5. The van der Waals surface area contributed by atoms with E-state index in [2.05, 4.69) is 10.0 Å². The van der Waals surface area contributed by atoms with Crippen molar-refractivity contribution in [3.8, 4) is 0 Å². The maximum absolute atomic E-state index is 13.1. The van der Waals surface area contributed by atoms with Crippen molar-refractivity contribution in [2.75, 3.05) is 18.4 Å². The zero-order valence-electron chi connectivity index (χ0n) is 15.5. The lowest BCUT2D eigenvalue weighted by atomic mass is 9.93. The summed E-state index contributed by atoms with van der Waals surface area (Å²) >= 11 is 1.71. The van der Waals surface area contributed by atoms with Crippen LogP contribution in [-0.2, 0) is 22.9 Å². The van der Waals surface area contributed by atoms with Crippen molar-refractivity contribution >= 4 is 33.0 Å². The molecule has 6 nitrogen and oxygen atoms in total. The van der Waals surface area contributed by atoms with Gasteiger partial charge >= 0.3 is 0 Å². The topological polar surface area (TPSA) is 78.5 Å². The predicted molar refractivity (Wildman–Crippen MR) is 109 cm³/mol. The molecule has 1 fully saturated rings. The van der Waals surface area contributed by atoms with Crippen LogP contribution in [0.5, 0.6) is 0 Å². The van der Waals surface area contributed by atoms with Gasteiger partial charge in [-0.1, -0.05) is 12.1 Å². The molecule has 3 aliphatic rings. The number of carbonyl (C=O) groups excluding carboxylic acids is 1. The molecule has 1 aliphatic carbocycles. The average molecular weight is 418 g/mol. The Balaban J connectivity index is 1.34. The molecular formula is C20H23N3O3S2. The van der Waals surface area contributed by atoms with E-state index >= 15 is 0 Å². The van der Waals surface area contributed by atoms with Gasteiger partial charge < -0.3 is 10.2 Å². The van der Waals surface area contributed by atoms with E-state index in [1.165, 1.54) is 16.9 Å². The fourth-order valence-corrected chi connectivity index (χ4v) is 7.23. The van der Waals surface area contributed by atoms with Crippen molar-refractivity contribution in [2.45, 2.75) is 49.1 Å². The van der Waals surface area contributed by atoms with Crippen LogP contribution >= 0.6 is 11.3 Å². The van der Waals surface area contributed by atoms with Crippen molar-refractivity contribution in [3.63, 3.8) is 0 Å². The van der Waals surface area contributed by atoms with Crippen LogP contribution in [0.25, 0.3) is 0 Å². The van der Waals surface area contributed by atoms with Crippen molar-refractivity contribution < 1.29 is 13.2 Å². The van der Waals surface area contributed by atoms with Crippen LogP contribution in [0.15, 0.2) is 34.5 Å². The van der Waals surface area contributed by atoms with E-state index in [0.717, 1.165) is 24.8 Å². The molecule has 28 heavy (non-hydrogen) atoms. The van der Waals surface area contributed by atoms with Crippen molar-refractivity contribution in [3.05, 3.63) is 45.6 Å². The second-order valence-electron chi connectivity index (χ2n) is 7.86. The molecule has 5 rings (SSSR count). The third-order valence-corrected chi connectivity index (χ3v) is 8.76. The second kappa shape index (κ2) is 6.57. The summed E-state index contributed by atoms with van der Waals surface area (Å²) in [6, 6.07) is 6.96. The van der Waals surface area contributed by atoms with E-state index in [1.807, 2.05) is 16.3 Å². The van der Waals surface area contributed by atoms with Gasteiger partial charge in [0.1, 0.15) is 10.6 Å². The summed E-state index contributed by atoms with van der Waals surface area (Å²) in [7, 11) is -3.56. The van der Waals surface area contributed by atoms with Crippen LogP contribution in [0.1, 0.15) is 46.5 Å². The highest BCUT2D eigenvalue weighted by atomic mass is 32.2. The Morgan fingerprint density at radius 2 is 1.86 bits per heavy atom. The standard InChI is InChI=1S/C20H23N3O3S2/c24-19(15-13-27-17-7-3-1-5-14(15)17)23-11-9-20(10-12-23)21-16-6-2-4-8-18(16)28(25,26)22-20/h2,4,6,8,13,21-22H,1,3,5,7,9-12H2. The van der Waals surface area contributed by atoms with Crippen LogP contribution in [0, 0.1) is 0 Å². The van der Waals surface area contributed by atoms with E-state index in [-0.39, 0.29) is 10.8 Å². The van der Waals surface area contributed by atoms with Crippen LogP contribution in [0.2, 0.25) is 0 Å². The number of amides is 1. The molecule has 2 aromatic rings.